The molecular formula is C7H14N2O3. The van der Waals surface area contributed by atoms with Crippen LogP contribution >= 0.6 is 0 Å². The van der Waals surface area contributed by atoms with E-state index in [4.69, 9.17) is 10.2 Å². The third-order valence-corrected chi connectivity index (χ3v) is 1.78. The van der Waals surface area contributed by atoms with E-state index in [1.807, 2.05) is 6.08 Å². The number of rotatable bonds is 3. The molecule has 1 aliphatic heterocycles. The quantitative estimate of drug-likeness (QED) is 0.312. The van der Waals surface area contributed by atoms with E-state index in [1.54, 1.807) is 6.08 Å². The van der Waals surface area contributed by atoms with Crippen LogP contribution < -0.4 is 10.9 Å². The maximum absolute atomic E-state index is 9.38. The number of hydrazine groups is 1. The first-order valence-electron chi connectivity index (χ1n) is 3.87. The van der Waals surface area contributed by atoms with Gasteiger partial charge in [-0.15, -0.1) is 0 Å². The summed E-state index contributed by atoms with van der Waals surface area (Å²) in [6.45, 7) is 0.256. The smallest absolute Gasteiger partial charge is 0.105 e. The molecule has 0 saturated carbocycles. The van der Waals surface area contributed by atoms with Gasteiger partial charge in [-0.05, 0) is 0 Å². The summed E-state index contributed by atoms with van der Waals surface area (Å²) in [5.74, 6) is 0. The molecule has 3 atom stereocenters. The van der Waals surface area contributed by atoms with Gasteiger partial charge in [0.2, 0.25) is 0 Å². The Bertz CT molecular complexity index is 163. The Kier molecular flexibility index (Phi) is 3.64. The van der Waals surface area contributed by atoms with Gasteiger partial charge in [0.05, 0.1) is 12.6 Å². The van der Waals surface area contributed by atoms with Crippen LogP contribution in [0.5, 0.6) is 0 Å². The molecule has 0 aromatic heterocycles. The third-order valence-electron chi connectivity index (χ3n) is 1.78. The fraction of sp³-hybridized carbons (Fsp3) is 0.714. The zero-order chi connectivity index (χ0) is 8.97. The number of aliphatic hydroxyl groups excluding tert-OH is 3. The average Bonchev–Trinajstić information content (AvgIpc) is 2.17. The predicted molar refractivity (Wildman–Crippen MR) is 43.2 cm³/mol. The molecule has 1 aliphatic rings. The predicted octanol–water partition coefficient (Wildman–Crippen LogP) is -2.27. The zero-order valence-corrected chi connectivity index (χ0v) is 6.64. The van der Waals surface area contributed by atoms with Gasteiger partial charge in [-0.1, -0.05) is 12.2 Å². The summed E-state index contributed by atoms with van der Waals surface area (Å²) in [7, 11) is 0. The minimum atomic E-state index is -1.10. The van der Waals surface area contributed by atoms with Crippen molar-refractivity contribution in [2.24, 2.45) is 0 Å². The second-order valence-electron chi connectivity index (χ2n) is 2.72. The minimum Gasteiger partial charge on any atom is -0.394 e. The molecule has 5 N–H and O–H groups in total. The molecule has 5 nitrogen and oxygen atoms in total. The van der Waals surface area contributed by atoms with Crippen LogP contribution in [0.15, 0.2) is 12.2 Å². The molecule has 0 saturated heterocycles. The summed E-state index contributed by atoms with van der Waals surface area (Å²) >= 11 is 0. The van der Waals surface area contributed by atoms with Gasteiger partial charge < -0.3 is 15.3 Å². The van der Waals surface area contributed by atoms with Crippen molar-refractivity contribution in [3.05, 3.63) is 12.2 Å². The van der Waals surface area contributed by atoms with Gasteiger partial charge >= 0.3 is 0 Å². The van der Waals surface area contributed by atoms with Crippen LogP contribution in [0.2, 0.25) is 0 Å². The van der Waals surface area contributed by atoms with Crippen molar-refractivity contribution in [3.8, 4) is 0 Å². The normalized spacial score (nSPS) is 28.4. The largest absolute Gasteiger partial charge is 0.394 e. The molecule has 12 heavy (non-hydrogen) atoms. The molecule has 0 unspecified atom stereocenters. The number of aliphatic hydroxyl groups is 3. The molecule has 0 fully saturated rings. The first-order chi connectivity index (χ1) is 5.75. The van der Waals surface area contributed by atoms with Gasteiger partial charge in [0, 0.05) is 6.54 Å². The topological polar surface area (TPSA) is 84.8 Å². The molecule has 0 radical (unpaired) electrons. The Hall–Kier alpha value is -0.460. The number of hydrogen-bond acceptors (Lipinski definition) is 5. The van der Waals surface area contributed by atoms with E-state index < -0.39 is 18.8 Å². The van der Waals surface area contributed by atoms with Gasteiger partial charge in [-0.25, -0.2) is 5.43 Å². The lowest BCUT2D eigenvalue weighted by molar-refractivity contribution is -0.0268. The van der Waals surface area contributed by atoms with Crippen molar-refractivity contribution in [2.75, 3.05) is 13.2 Å². The van der Waals surface area contributed by atoms with E-state index in [1.165, 1.54) is 0 Å². The van der Waals surface area contributed by atoms with Gasteiger partial charge in [0.1, 0.15) is 12.2 Å². The van der Waals surface area contributed by atoms with Crippen molar-refractivity contribution in [2.45, 2.75) is 18.2 Å². The standard InChI is InChI=1S/C7H14N2O3/c10-4-6(11)7(12)5-2-1-3-8-9-5/h1-2,5-12H,3-4H2/t5-,6+,7-/m0/s1. The van der Waals surface area contributed by atoms with Crippen molar-refractivity contribution >= 4 is 0 Å². The fourth-order valence-corrected chi connectivity index (χ4v) is 1.05. The summed E-state index contributed by atoms with van der Waals surface area (Å²) in [5, 5.41) is 27.0. The second kappa shape index (κ2) is 4.54. The zero-order valence-electron chi connectivity index (χ0n) is 6.64. The minimum absolute atomic E-state index is 0.346. The lowest BCUT2D eigenvalue weighted by Gasteiger charge is -2.26. The molecule has 0 aromatic rings. The van der Waals surface area contributed by atoms with Gasteiger partial charge in [-0.2, -0.15) is 0 Å². The highest BCUT2D eigenvalue weighted by Gasteiger charge is 2.24. The summed E-state index contributed by atoms with van der Waals surface area (Å²) in [6.07, 6.45) is 1.50. The number of hydrogen-bond donors (Lipinski definition) is 5. The first kappa shape index (κ1) is 9.63. The molecular weight excluding hydrogens is 160 g/mol. The van der Waals surface area contributed by atoms with E-state index in [0.717, 1.165) is 0 Å². The highest BCUT2D eigenvalue weighted by Crippen LogP contribution is 2.02. The van der Waals surface area contributed by atoms with E-state index in [2.05, 4.69) is 10.9 Å². The second-order valence-corrected chi connectivity index (χ2v) is 2.72. The van der Waals surface area contributed by atoms with E-state index in [0.29, 0.717) is 6.54 Å². The SMILES string of the molecule is OC[C@@H](O)[C@@H](O)[C@@H]1C=CCNN1. The maximum atomic E-state index is 9.38. The Labute approximate surface area is 70.7 Å². The number of nitrogens with one attached hydrogen (secondary N) is 2. The van der Waals surface area contributed by atoms with Crippen LogP contribution in [0.1, 0.15) is 0 Å². The van der Waals surface area contributed by atoms with Gasteiger partial charge in [0.15, 0.2) is 0 Å². The third kappa shape index (κ3) is 2.26. The Morgan fingerprint density at radius 2 is 2.25 bits per heavy atom. The van der Waals surface area contributed by atoms with Crippen molar-refractivity contribution in [1.29, 1.82) is 0 Å². The van der Waals surface area contributed by atoms with Crippen molar-refractivity contribution in [3.63, 3.8) is 0 Å². The molecule has 70 valence electrons. The van der Waals surface area contributed by atoms with Crippen molar-refractivity contribution < 1.29 is 15.3 Å². The fourth-order valence-electron chi connectivity index (χ4n) is 1.05. The molecule has 5 heteroatoms. The Balaban J connectivity index is 2.44. The van der Waals surface area contributed by atoms with Crippen molar-refractivity contribution in [1.82, 2.24) is 10.9 Å². The monoisotopic (exact) mass is 174 g/mol. The van der Waals surface area contributed by atoms with E-state index in [-0.39, 0.29) is 6.04 Å². The lowest BCUT2D eigenvalue weighted by Crippen LogP contribution is -2.53. The van der Waals surface area contributed by atoms with Crippen LogP contribution in [-0.2, 0) is 0 Å². The summed E-state index contributed by atoms with van der Waals surface area (Å²) < 4.78 is 0. The van der Waals surface area contributed by atoms with Crippen LogP contribution in [0.3, 0.4) is 0 Å². The molecule has 1 heterocycles. The summed E-state index contributed by atoms with van der Waals surface area (Å²) in [5.41, 5.74) is 5.58. The summed E-state index contributed by atoms with van der Waals surface area (Å²) in [4.78, 5) is 0. The Morgan fingerprint density at radius 1 is 1.50 bits per heavy atom. The maximum Gasteiger partial charge on any atom is 0.105 e. The van der Waals surface area contributed by atoms with Gasteiger partial charge in [-0.3, -0.25) is 5.43 Å². The lowest BCUT2D eigenvalue weighted by atomic mass is 10.1. The van der Waals surface area contributed by atoms with Crippen LogP contribution in [0, 0.1) is 0 Å². The molecule has 0 aliphatic carbocycles. The molecule has 0 spiro atoms. The molecule has 1 rings (SSSR count). The summed E-state index contributed by atoms with van der Waals surface area (Å²) in [6, 6.07) is -0.346. The van der Waals surface area contributed by atoms with Crippen LogP contribution in [-0.4, -0.2) is 46.7 Å². The Morgan fingerprint density at radius 3 is 2.75 bits per heavy atom. The highest BCUT2D eigenvalue weighted by atomic mass is 16.4. The van der Waals surface area contributed by atoms with E-state index >= 15 is 0 Å². The molecule has 0 amide bonds. The van der Waals surface area contributed by atoms with E-state index in [9.17, 15) is 5.11 Å². The van der Waals surface area contributed by atoms with Crippen LogP contribution in [0.25, 0.3) is 0 Å². The molecule has 0 aromatic carbocycles. The average molecular weight is 174 g/mol. The first-order valence-corrected chi connectivity index (χ1v) is 3.87. The molecule has 0 bridgehead atoms. The van der Waals surface area contributed by atoms with Gasteiger partial charge in [0.25, 0.3) is 0 Å². The highest BCUT2D eigenvalue weighted by molar-refractivity contribution is 5.02. The van der Waals surface area contributed by atoms with Crippen LogP contribution in [0.4, 0.5) is 0 Å².